The molecule has 2 aliphatic heterocycles. The Morgan fingerprint density at radius 1 is 1.20 bits per heavy atom. The van der Waals surface area contributed by atoms with Crippen LogP contribution in [0.3, 0.4) is 0 Å². The fourth-order valence-electron chi connectivity index (χ4n) is 4.19. The van der Waals surface area contributed by atoms with Crippen LogP contribution in [0.1, 0.15) is 12.5 Å². The summed E-state index contributed by atoms with van der Waals surface area (Å²) < 4.78 is 58.6. The number of hydrogen-bond acceptors (Lipinski definition) is 8. The summed E-state index contributed by atoms with van der Waals surface area (Å²) in [5, 5.41) is 17.9. The zero-order chi connectivity index (χ0) is 25.2. The van der Waals surface area contributed by atoms with Crippen LogP contribution in [0.2, 0.25) is 0 Å². The van der Waals surface area contributed by atoms with Gasteiger partial charge in [0, 0.05) is 18.7 Å². The lowest BCUT2D eigenvalue weighted by atomic mass is 9.86. The Kier molecular flexibility index (Phi) is 7.35. The van der Waals surface area contributed by atoms with Crippen LogP contribution in [-0.4, -0.2) is 94.6 Å². The molecule has 3 heterocycles. The van der Waals surface area contributed by atoms with Crippen LogP contribution in [0, 0.1) is 17.5 Å². The van der Waals surface area contributed by atoms with E-state index in [1.807, 2.05) is 0 Å². The van der Waals surface area contributed by atoms with E-state index in [1.54, 1.807) is 0 Å². The molecule has 0 saturated carbocycles. The Balaban J connectivity index is 1.61. The molecule has 2 fully saturated rings. The van der Waals surface area contributed by atoms with Crippen molar-refractivity contribution >= 4 is 11.8 Å². The zero-order valence-electron chi connectivity index (χ0n) is 18.5. The lowest BCUT2D eigenvalue weighted by molar-refractivity contribution is -0.211. The number of hydrogen-bond donors (Lipinski definition) is 2. The highest BCUT2D eigenvalue weighted by Gasteiger charge is 2.53. The van der Waals surface area contributed by atoms with Gasteiger partial charge in [0.1, 0.15) is 18.4 Å². The molecular formula is C21H24F3N5O6. The predicted octanol–water partition coefficient (Wildman–Crippen LogP) is -0.216. The zero-order valence-corrected chi connectivity index (χ0v) is 18.5. The summed E-state index contributed by atoms with van der Waals surface area (Å²) >= 11 is 0. The number of nitrogens with zero attached hydrogens (tertiary/aromatic N) is 4. The Morgan fingerprint density at radius 3 is 2.51 bits per heavy atom. The number of aromatic nitrogens is 3. The molecular weight excluding hydrogens is 475 g/mol. The molecule has 3 N–H and O–H groups in total. The maximum absolute atomic E-state index is 13.7. The number of aliphatic hydroxyl groups excluding tert-OH is 1. The number of nitrogens with two attached hydrogens (primary N) is 1. The molecule has 190 valence electrons. The van der Waals surface area contributed by atoms with Gasteiger partial charge in [0.05, 0.1) is 38.7 Å². The third-order valence-electron chi connectivity index (χ3n) is 6.11. The van der Waals surface area contributed by atoms with Crippen LogP contribution in [0.5, 0.6) is 0 Å². The molecule has 3 atom stereocenters. The number of benzene rings is 1. The van der Waals surface area contributed by atoms with Gasteiger partial charge in [-0.25, -0.2) is 17.9 Å². The van der Waals surface area contributed by atoms with E-state index in [1.165, 1.54) is 15.8 Å². The molecule has 2 aliphatic rings. The quantitative estimate of drug-likeness (QED) is 0.499. The van der Waals surface area contributed by atoms with Gasteiger partial charge in [0.2, 0.25) is 5.91 Å². The fourth-order valence-corrected chi connectivity index (χ4v) is 4.19. The number of ether oxygens (including phenoxy) is 3. The van der Waals surface area contributed by atoms with Crippen molar-refractivity contribution in [1.29, 1.82) is 0 Å². The van der Waals surface area contributed by atoms with Gasteiger partial charge >= 0.3 is 0 Å². The molecule has 2 amide bonds. The van der Waals surface area contributed by atoms with Crippen molar-refractivity contribution in [2.75, 3.05) is 46.1 Å². The molecule has 3 unspecified atom stereocenters. The molecule has 2 aromatic rings. The van der Waals surface area contributed by atoms with Gasteiger partial charge in [-0.15, -0.1) is 5.10 Å². The van der Waals surface area contributed by atoms with Crippen molar-refractivity contribution in [3.63, 3.8) is 0 Å². The van der Waals surface area contributed by atoms with Gasteiger partial charge in [0.15, 0.2) is 23.1 Å². The Labute approximate surface area is 197 Å². The van der Waals surface area contributed by atoms with Crippen molar-refractivity contribution in [2.45, 2.75) is 24.2 Å². The minimum absolute atomic E-state index is 0.0135. The highest BCUT2D eigenvalue weighted by Crippen LogP contribution is 2.36. The SMILES string of the molecule is NC(=O)C1(CO)OCCC(n2cc(-c3cc(F)c(F)c(F)c3)nn2)C1OCC(=O)N1CCOCC1. The number of carbonyl (C=O) groups is 2. The first-order chi connectivity index (χ1) is 16.8. The average Bonchev–Trinajstić information content (AvgIpc) is 3.36. The van der Waals surface area contributed by atoms with Gasteiger partial charge in [-0.3, -0.25) is 9.59 Å². The van der Waals surface area contributed by atoms with E-state index in [2.05, 4.69) is 10.3 Å². The molecule has 0 spiro atoms. The maximum atomic E-state index is 13.7. The third-order valence-corrected chi connectivity index (χ3v) is 6.11. The van der Waals surface area contributed by atoms with Crippen LogP contribution in [0.4, 0.5) is 13.2 Å². The van der Waals surface area contributed by atoms with Crippen molar-refractivity contribution in [1.82, 2.24) is 19.9 Å². The Morgan fingerprint density at radius 2 is 1.89 bits per heavy atom. The molecule has 0 aliphatic carbocycles. The number of carbonyl (C=O) groups excluding carboxylic acids is 2. The molecule has 2 saturated heterocycles. The van der Waals surface area contributed by atoms with E-state index in [9.17, 15) is 27.9 Å². The summed E-state index contributed by atoms with van der Waals surface area (Å²) in [4.78, 5) is 26.5. The Hall–Kier alpha value is -3.07. The standard InChI is InChI=1S/C21H24F3N5O6/c22-13-7-12(8-14(23)18(13)24)15-9-29(27-26-15)16-1-4-35-21(11-30,20(25)32)19(16)34-10-17(31)28-2-5-33-6-3-28/h7-9,16,19,30H,1-6,10-11H2,(H2,25,32). The number of morpholine rings is 1. The molecule has 14 heteroatoms. The molecule has 11 nitrogen and oxygen atoms in total. The first-order valence-electron chi connectivity index (χ1n) is 10.9. The molecule has 0 radical (unpaired) electrons. The number of halogens is 3. The van der Waals surface area contributed by atoms with Crippen LogP contribution < -0.4 is 5.73 Å². The van der Waals surface area contributed by atoms with Crippen molar-refractivity contribution < 1.29 is 42.1 Å². The summed E-state index contributed by atoms with van der Waals surface area (Å²) in [6.07, 6.45) is 0.297. The molecule has 1 aromatic heterocycles. The van der Waals surface area contributed by atoms with E-state index in [0.29, 0.717) is 26.3 Å². The summed E-state index contributed by atoms with van der Waals surface area (Å²) in [5.41, 5.74) is 3.53. The second-order valence-corrected chi connectivity index (χ2v) is 8.18. The number of primary amides is 1. The number of rotatable bonds is 7. The monoisotopic (exact) mass is 499 g/mol. The van der Waals surface area contributed by atoms with Crippen LogP contribution >= 0.6 is 0 Å². The largest absolute Gasteiger partial charge is 0.393 e. The van der Waals surface area contributed by atoms with Crippen LogP contribution in [-0.2, 0) is 23.8 Å². The van der Waals surface area contributed by atoms with E-state index in [-0.39, 0.29) is 30.2 Å². The topological polar surface area (TPSA) is 142 Å². The van der Waals surface area contributed by atoms with Gasteiger partial charge < -0.3 is 30.0 Å². The highest BCUT2D eigenvalue weighted by atomic mass is 19.2. The second-order valence-electron chi connectivity index (χ2n) is 8.18. The highest BCUT2D eigenvalue weighted by molar-refractivity contribution is 5.85. The van der Waals surface area contributed by atoms with Crippen LogP contribution in [0.25, 0.3) is 11.3 Å². The summed E-state index contributed by atoms with van der Waals surface area (Å²) in [7, 11) is 0. The van der Waals surface area contributed by atoms with E-state index in [0.717, 1.165) is 12.1 Å². The van der Waals surface area contributed by atoms with Crippen LogP contribution in [0.15, 0.2) is 18.3 Å². The number of amides is 2. The lowest BCUT2D eigenvalue weighted by Gasteiger charge is -2.44. The first kappa shape index (κ1) is 25.0. The van der Waals surface area contributed by atoms with Gasteiger partial charge in [-0.2, -0.15) is 0 Å². The molecule has 35 heavy (non-hydrogen) atoms. The summed E-state index contributed by atoms with van der Waals surface area (Å²) in [5.74, 6) is -5.76. The molecule has 0 bridgehead atoms. The third kappa shape index (κ3) is 4.87. The predicted molar refractivity (Wildman–Crippen MR) is 111 cm³/mol. The van der Waals surface area contributed by atoms with Crippen molar-refractivity contribution in [3.8, 4) is 11.3 Å². The smallest absolute Gasteiger partial charge is 0.254 e. The van der Waals surface area contributed by atoms with Gasteiger partial charge in [0.25, 0.3) is 5.91 Å². The van der Waals surface area contributed by atoms with E-state index >= 15 is 0 Å². The van der Waals surface area contributed by atoms with E-state index in [4.69, 9.17) is 19.9 Å². The summed E-state index contributed by atoms with van der Waals surface area (Å²) in [6.45, 7) is 0.251. The number of aliphatic hydroxyl groups is 1. The first-order valence-corrected chi connectivity index (χ1v) is 10.9. The molecule has 1 aromatic carbocycles. The minimum Gasteiger partial charge on any atom is -0.393 e. The normalized spacial score (nSPS) is 25.0. The second kappa shape index (κ2) is 10.3. The average molecular weight is 499 g/mol. The maximum Gasteiger partial charge on any atom is 0.254 e. The lowest BCUT2D eigenvalue weighted by Crippen LogP contribution is -2.64. The van der Waals surface area contributed by atoms with E-state index < -0.39 is 54.3 Å². The van der Waals surface area contributed by atoms with Crippen molar-refractivity contribution in [3.05, 3.63) is 35.8 Å². The Bertz CT molecular complexity index is 1070. The van der Waals surface area contributed by atoms with Crippen molar-refractivity contribution in [2.24, 2.45) is 5.73 Å². The van der Waals surface area contributed by atoms with Gasteiger partial charge in [-0.05, 0) is 18.6 Å². The molecule has 4 rings (SSSR count). The minimum atomic E-state index is -1.98. The van der Waals surface area contributed by atoms with Gasteiger partial charge in [-0.1, -0.05) is 5.21 Å². The summed E-state index contributed by atoms with van der Waals surface area (Å²) in [6, 6.07) is 0.748. The fraction of sp³-hybridized carbons (Fsp3) is 0.524.